The van der Waals surface area contributed by atoms with Crippen molar-refractivity contribution in [3.8, 4) is 0 Å². The minimum Gasteiger partial charge on any atom is -0.302 e. The standard InChI is InChI=1S/C10H17NO/c1-2-3-7-11-8-5-4-6-10(11)9-12/h2-3,9-10H,4-8H2,1H3. The number of rotatable bonds is 3. The number of piperidine rings is 1. The van der Waals surface area contributed by atoms with Crippen molar-refractivity contribution >= 4 is 6.29 Å². The lowest BCUT2D eigenvalue weighted by Crippen LogP contribution is -2.40. The fourth-order valence-electron chi connectivity index (χ4n) is 1.64. The van der Waals surface area contributed by atoms with E-state index in [0.717, 1.165) is 25.8 Å². The van der Waals surface area contributed by atoms with Crippen LogP contribution in [0.3, 0.4) is 0 Å². The Morgan fingerprint density at radius 1 is 1.50 bits per heavy atom. The zero-order chi connectivity index (χ0) is 8.81. The molecule has 0 aromatic carbocycles. The van der Waals surface area contributed by atoms with Crippen LogP contribution in [0, 0.1) is 0 Å². The van der Waals surface area contributed by atoms with Crippen LogP contribution in [0.4, 0.5) is 0 Å². The summed E-state index contributed by atoms with van der Waals surface area (Å²) in [6.45, 7) is 4.02. The topological polar surface area (TPSA) is 20.3 Å². The first-order chi connectivity index (χ1) is 5.88. The maximum atomic E-state index is 10.7. The quantitative estimate of drug-likeness (QED) is 0.470. The van der Waals surface area contributed by atoms with Crippen LogP contribution in [0.5, 0.6) is 0 Å². The Morgan fingerprint density at radius 2 is 2.33 bits per heavy atom. The lowest BCUT2D eigenvalue weighted by molar-refractivity contribution is -0.113. The van der Waals surface area contributed by atoms with Gasteiger partial charge in [0.25, 0.3) is 0 Å². The predicted octanol–water partition coefficient (Wildman–Crippen LogP) is 1.62. The molecule has 1 aliphatic heterocycles. The van der Waals surface area contributed by atoms with Gasteiger partial charge in [-0.2, -0.15) is 0 Å². The van der Waals surface area contributed by atoms with Crippen molar-refractivity contribution in [2.75, 3.05) is 13.1 Å². The van der Waals surface area contributed by atoms with Gasteiger partial charge in [-0.1, -0.05) is 18.6 Å². The molecule has 1 fully saturated rings. The molecule has 0 radical (unpaired) electrons. The van der Waals surface area contributed by atoms with E-state index in [1.165, 1.54) is 12.8 Å². The van der Waals surface area contributed by atoms with Crippen LogP contribution < -0.4 is 0 Å². The van der Waals surface area contributed by atoms with Crippen LogP contribution in [0.2, 0.25) is 0 Å². The molecule has 68 valence electrons. The second-order valence-corrected chi connectivity index (χ2v) is 3.26. The molecule has 1 saturated heterocycles. The Balaban J connectivity index is 2.41. The van der Waals surface area contributed by atoms with Gasteiger partial charge in [0.1, 0.15) is 6.29 Å². The van der Waals surface area contributed by atoms with E-state index >= 15 is 0 Å². The highest BCUT2D eigenvalue weighted by molar-refractivity contribution is 5.57. The fourth-order valence-corrected chi connectivity index (χ4v) is 1.64. The Hall–Kier alpha value is -0.630. The van der Waals surface area contributed by atoms with E-state index in [-0.39, 0.29) is 6.04 Å². The lowest BCUT2D eigenvalue weighted by Gasteiger charge is -2.31. The van der Waals surface area contributed by atoms with Crippen molar-refractivity contribution in [2.45, 2.75) is 32.2 Å². The van der Waals surface area contributed by atoms with E-state index in [9.17, 15) is 4.79 Å². The van der Waals surface area contributed by atoms with Crippen LogP contribution in [-0.4, -0.2) is 30.3 Å². The average Bonchev–Trinajstić information content (AvgIpc) is 2.15. The first kappa shape index (κ1) is 9.46. The molecule has 1 atom stereocenters. The van der Waals surface area contributed by atoms with Crippen LogP contribution in [-0.2, 0) is 4.79 Å². The van der Waals surface area contributed by atoms with Crippen molar-refractivity contribution < 1.29 is 4.79 Å². The molecule has 2 nitrogen and oxygen atoms in total. The maximum absolute atomic E-state index is 10.7. The molecule has 0 aromatic rings. The van der Waals surface area contributed by atoms with Gasteiger partial charge in [-0.25, -0.2) is 0 Å². The molecular formula is C10H17NO. The summed E-state index contributed by atoms with van der Waals surface area (Å²) in [5.41, 5.74) is 0. The first-order valence-electron chi connectivity index (χ1n) is 4.69. The minimum absolute atomic E-state index is 0.176. The number of aldehydes is 1. The molecule has 1 heterocycles. The Labute approximate surface area is 74.2 Å². The molecule has 1 aliphatic rings. The van der Waals surface area contributed by atoms with Gasteiger partial charge in [0.15, 0.2) is 0 Å². The highest BCUT2D eigenvalue weighted by Gasteiger charge is 2.19. The molecule has 0 aliphatic carbocycles. The summed E-state index contributed by atoms with van der Waals surface area (Å²) in [5.74, 6) is 0. The Kier molecular flexibility index (Phi) is 4.01. The van der Waals surface area contributed by atoms with Crippen LogP contribution in [0.15, 0.2) is 12.2 Å². The Morgan fingerprint density at radius 3 is 3.00 bits per heavy atom. The second kappa shape index (κ2) is 5.09. The number of allylic oxidation sites excluding steroid dienone is 1. The van der Waals surface area contributed by atoms with Crippen molar-refractivity contribution in [1.82, 2.24) is 4.90 Å². The molecule has 2 heteroatoms. The van der Waals surface area contributed by atoms with Gasteiger partial charge in [-0.15, -0.1) is 0 Å². The van der Waals surface area contributed by atoms with Crippen molar-refractivity contribution in [3.63, 3.8) is 0 Å². The van der Waals surface area contributed by atoms with Gasteiger partial charge >= 0.3 is 0 Å². The zero-order valence-corrected chi connectivity index (χ0v) is 7.70. The van der Waals surface area contributed by atoms with Gasteiger partial charge in [-0.3, -0.25) is 4.90 Å². The number of carbonyl (C=O) groups excluding carboxylic acids is 1. The van der Waals surface area contributed by atoms with Crippen molar-refractivity contribution in [3.05, 3.63) is 12.2 Å². The van der Waals surface area contributed by atoms with Gasteiger partial charge in [0.05, 0.1) is 6.04 Å². The van der Waals surface area contributed by atoms with E-state index in [1.807, 2.05) is 13.0 Å². The van der Waals surface area contributed by atoms with Crippen LogP contribution in [0.25, 0.3) is 0 Å². The van der Waals surface area contributed by atoms with Crippen LogP contribution in [0.1, 0.15) is 26.2 Å². The Bertz CT molecular complexity index is 165. The largest absolute Gasteiger partial charge is 0.302 e. The SMILES string of the molecule is CC=CCN1CCCCC1C=O. The normalized spacial score (nSPS) is 26.2. The van der Waals surface area contributed by atoms with Crippen molar-refractivity contribution in [2.24, 2.45) is 0 Å². The summed E-state index contributed by atoms with van der Waals surface area (Å²) < 4.78 is 0. The van der Waals surface area contributed by atoms with E-state index < -0.39 is 0 Å². The summed E-state index contributed by atoms with van der Waals surface area (Å²) >= 11 is 0. The van der Waals surface area contributed by atoms with E-state index in [0.29, 0.717) is 0 Å². The number of hydrogen-bond donors (Lipinski definition) is 0. The van der Waals surface area contributed by atoms with E-state index in [4.69, 9.17) is 0 Å². The smallest absolute Gasteiger partial charge is 0.137 e. The lowest BCUT2D eigenvalue weighted by atomic mass is 10.0. The third-order valence-corrected chi connectivity index (χ3v) is 2.40. The predicted molar refractivity (Wildman–Crippen MR) is 50.1 cm³/mol. The third kappa shape index (κ3) is 2.45. The van der Waals surface area contributed by atoms with Gasteiger partial charge < -0.3 is 4.79 Å². The number of likely N-dealkylation sites (tertiary alicyclic amines) is 1. The fraction of sp³-hybridized carbons (Fsp3) is 0.700. The first-order valence-corrected chi connectivity index (χ1v) is 4.69. The summed E-state index contributed by atoms with van der Waals surface area (Å²) in [6.07, 6.45) is 8.72. The van der Waals surface area contributed by atoms with Gasteiger partial charge in [0.2, 0.25) is 0 Å². The summed E-state index contributed by atoms with van der Waals surface area (Å²) in [5, 5.41) is 0. The van der Waals surface area contributed by atoms with E-state index in [1.54, 1.807) is 0 Å². The maximum Gasteiger partial charge on any atom is 0.137 e. The van der Waals surface area contributed by atoms with Gasteiger partial charge in [0, 0.05) is 6.54 Å². The third-order valence-electron chi connectivity index (χ3n) is 2.40. The number of hydrogen-bond acceptors (Lipinski definition) is 2. The zero-order valence-electron chi connectivity index (χ0n) is 7.70. The van der Waals surface area contributed by atoms with Crippen molar-refractivity contribution in [1.29, 1.82) is 0 Å². The molecule has 12 heavy (non-hydrogen) atoms. The number of carbonyl (C=O) groups is 1. The molecule has 1 unspecified atom stereocenters. The summed E-state index contributed by atoms with van der Waals surface area (Å²) in [6, 6.07) is 0.176. The minimum atomic E-state index is 0.176. The molecule has 0 saturated carbocycles. The number of nitrogens with zero attached hydrogens (tertiary/aromatic N) is 1. The summed E-state index contributed by atoms with van der Waals surface area (Å²) in [7, 11) is 0. The van der Waals surface area contributed by atoms with Crippen LogP contribution >= 0.6 is 0 Å². The molecule has 0 spiro atoms. The molecule has 1 rings (SSSR count). The highest BCUT2D eigenvalue weighted by Crippen LogP contribution is 2.14. The molecule has 0 N–H and O–H groups in total. The molecule has 0 aromatic heterocycles. The molecule has 0 bridgehead atoms. The second-order valence-electron chi connectivity index (χ2n) is 3.26. The highest BCUT2D eigenvalue weighted by atomic mass is 16.1. The monoisotopic (exact) mass is 167 g/mol. The molecule has 0 amide bonds. The van der Waals surface area contributed by atoms with Gasteiger partial charge in [-0.05, 0) is 26.3 Å². The molecular weight excluding hydrogens is 150 g/mol. The summed E-state index contributed by atoms with van der Waals surface area (Å²) in [4.78, 5) is 12.9. The average molecular weight is 167 g/mol. The van der Waals surface area contributed by atoms with E-state index in [2.05, 4.69) is 11.0 Å².